The first kappa shape index (κ1) is 14.1. The van der Waals surface area contributed by atoms with Crippen molar-refractivity contribution in [2.75, 3.05) is 6.61 Å². The van der Waals surface area contributed by atoms with Crippen LogP contribution in [0.1, 0.15) is 40.5 Å². The minimum atomic E-state index is -0.302. The van der Waals surface area contributed by atoms with Crippen LogP contribution in [0.4, 0.5) is 4.39 Å². The second-order valence-electron chi connectivity index (χ2n) is 6.04. The van der Waals surface area contributed by atoms with Gasteiger partial charge in [0.05, 0.1) is 11.6 Å². The fraction of sp³-hybridized carbons (Fsp3) is 0.353. The molecule has 2 heterocycles. The van der Waals surface area contributed by atoms with Gasteiger partial charge in [-0.3, -0.25) is 4.79 Å². The third-order valence-corrected chi connectivity index (χ3v) is 4.14. The molecule has 2 aromatic rings. The Labute approximate surface area is 132 Å². The molecule has 1 aromatic carbocycles. The molecule has 0 radical (unpaired) electrons. The molecule has 6 heteroatoms. The molecule has 1 N–H and O–H groups in total. The van der Waals surface area contributed by atoms with Crippen molar-refractivity contribution >= 4 is 5.91 Å². The zero-order chi connectivity index (χ0) is 15.8. The molecule has 1 aromatic heterocycles. The summed E-state index contributed by atoms with van der Waals surface area (Å²) in [6, 6.07) is 4.24. The van der Waals surface area contributed by atoms with Crippen molar-refractivity contribution in [3.8, 4) is 5.75 Å². The second-order valence-corrected chi connectivity index (χ2v) is 6.04. The van der Waals surface area contributed by atoms with Crippen LogP contribution in [0.15, 0.2) is 30.6 Å². The predicted octanol–water partition coefficient (Wildman–Crippen LogP) is 2.23. The first-order chi connectivity index (χ1) is 11.2. The first-order valence-electron chi connectivity index (χ1n) is 7.73. The maximum atomic E-state index is 13.3. The number of rotatable bonds is 3. The highest BCUT2D eigenvalue weighted by Gasteiger charge is 2.27. The molecule has 1 aliphatic heterocycles. The van der Waals surface area contributed by atoms with Crippen LogP contribution in [0.25, 0.3) is 0 Å². The summed E-state index contributed by atoms with van der Waals surface area (Å²) in [5.41, 5.74) is 1.20. The molecule has 5 nitrogen and oxygen atoms in total. The van der Waals surface area contributed by atoms with Crippen LogP contribution in [0.5, 0.6) is 5.75 Å². The molecule has 1 amide bonds. The molecular weight excluding hydrogens is 297 g/mol. The average molecular weight is 313 g/mol. The number of nitrogens with zero attached hydrogens (tertiary/aromatic N) is 2. The van der Waals surface area contributed by atoms with E-state index in [0.717, 1.165) is 24.2 Å². The fourth-order valence-corrected chi connectivity index (χ4v) is 2.73. The van der Waals surface area contributed by atoms with Gasteiger partial charge in [0.2, 0.25) is 0 Å². The monoisotopic (exact) mass is 313 g/mol. The first-order valence-corrected chi connectivity index (χ1v) is 7.73. The van der Waals surface area contributed by atoms with Crippen molar-refractivity contribution in [2.24, 2.45) is 0 Å². The molecule has 0 spiro atoms. The van der Waals surface area contributed by atoms with Gasteiger partial charge in [-0.15, -0.1) is 0 Å². The Morgan fingerprint density at radius 3 is 2.78 bits per heavy atom. The van der Waals surface area contributed by atoms with Crippen LogP contribution >= 0.6 is 0 Å². The van der Waals surface area contributed by atoms with Crippen LogP contribution < -0.4 is 10.1 Å². The van der Waals surface area contributed by atoms with Gasteiger partial charge in [0.25, 0.3) is 5.91 Å². The Kier molecular flexibility index (Phi) is 3.44. The van der Waals surface area contributed by atoms with Gasteiger partial charge in [0.15, 0.2) is 0 Å². The van der Waals surface area contributed by atoms with Crippen molar-refractivity contribution in [2.45, 2.75) is 31.2 Å². The summed E-state index contributed by atoms with van der Waals surface area (Å²) in [5, 5.41) is 2.89. The Balaban J connectivity index is 1.42. The zero-order valence-corrected chi connectivity index (χ0v) is 12.5. The molecule has 1 fully saturated rings. The number of carbonyl (C=O) groups excluding carboxylic acids is 1. The minimum Gasteiger partial charge on any atom is -0.491 e. The number of benzene rings is 1. The third-order valence-electron chi connectivity index (χ3n) is 4.14. The van der Waals surface area contributed by atoms with E-state index in [0.29, 0.717) is 30.3 Å². The van der Waals surface area contributed by atoms with Crippen LogP contribution in [0, 0.1) is 5.82 Å². The summed E-state index contributed by atoms with van der Waals surface area (Å²) in [5.74, 6) is 1.41. The van der Waals surface area contributed by atoms with E-state index < -0.39 is 0 Å². The van der Waals surface area contributed by atoms with E-state index in [-0.39, 0.29) is 17.8 Å². The standard InChI is InChI=1S/C17H16FN3O2/c18-13-3-4-15-11(5-13)6-14(9-23-15)21-17(22)12-7-19-16(20-8-12)10-1-2-10/h3-5,7-8,10,14H,1-2,6,9H2,(H,21,22)/t14-/m1/s1. The van der Waals surface area contributed by atoms with Crippen molar-refractivity contribution in [3.05, 3.63) is 53.4 Å². The van der Waals surface area contributed by atoms with Gasteiger partial charge in [0.1, 0.15) is 24.0 Å². The summed E-state index contributed by atoms with van der Waals surface area (Å²) < 4.78 is 18.9. The van der Waals surface area contributed by atoms with Crippen molar-refractivity contribution in [1.29, 1.82) is 0 Å². The van der Waals surface area contributed by atoms with Crippen molar-refractivity contribution in [1.82, 2.24) is 15.3 Å². The smallest absolute Gasteiger partial charge is 0.254 e. The lowest BCUT2D eigenvalue weighted by molar-refractivity contribution is 0.0914. The van der Waals surface area contributed by atoms with Gasteiger partial charge in [0, 0.05) is 18.3 Å². The highest BCUT2D eigenvalue weighted by molar-refractivity contribution is 5.93. The summed E-state index contributed by atoms with van der Waals surface area (Å²) in [4.78, 5) is 20.8. The number of ether oxygens (including phenoxy) is 1. The van der Waals surface area contributed by atoms with E-state index in [1.165, 1.54) is 12.1 Å². The number of hydrogen-bond donors (Lipinski definition) is 1. The van der Waals surface area contributed by atoms with E-state index >= 15 is 0 Å². The molecule has 2 aliphatic rings. The SMILES string of the molecule is O=C(N[C@H]1COc2ccc(F)cc2C1)c1cnc(C2CC2)nc1. The Morgan fingerprint density at radius 2 is 2.04 bits per heavy atom. The molecule has 1 atom stereocenters. The quantitative estimate of drug-likeness (QED) is 0.944. The van der Waals surface area contributed by atoms with Gasteiger partial charge < -0.3 is 10.1 Å². The van der Waals surface area contributed by atoms with Gasteiger partial charge >= 0.3 is 0 Å². The lowest BCUT2D eigenvalue weighted by Crippen LogP contribution is -2.42. The highest BCUT2D eigenvalue weighted by Crippen LogP contribution is 2.37. The number of nitrogens with one attached hydrogen (secondary N) is 1. The van der Waals surface area contributed by atoms with Gasteiger partial charge in [-0.05, 0) is 43.0 Å². The van der Waals surface area contributed by atoms with Gasteiger partial charge in [-0.1, -0.05) is 0 Å². The third kappa shape index (κ3) is 3.02. The van der Waals surface area contributed by atoms with Crippen LogP contribution in [0.2, 0.25) is 0 Å². The Hall–Kier alpha value is -2.50. The maximum absolute atomic E-state index is 13.3. The predicted molar refractivity (Wildman–Crippen MR) is 80.9 cm³/mol. The number of halogens is 1. The van der Waals surface area contributed by atoms with Crippen LogP contribution in [-0.4, -0.2) is 28.5 Å². The number of carbonyl (C=O) groups is 1. The summed E-state index contributed by atoms with van der Waals surface area (Å²) >= 11 is 0. The molecule has 118 valence electrons. The van der Waals surface area contributed by atoms with E-state index in [1.54, 1.807) is 18.5 Å². The van der Waals surface area contributed by atoms with Crippen LogP contribution in [-0.2, 0) is 6.42 Å². The van der Waals surface area contributed by atoms with Crippen LogP contribution in [0.3, 0.4) is 0 Å². The van der Waals surface area contributed by atoms with Gasteiger partial charge in [-0.25, -0.2) is 14.4 Å². The normalized spacial score (nSPS) is 19.6. The van der Waals surface area contributed by atoms with Crippen molar-refractivity contribution < 1.29 is 13.9 Å². The van der Waals surface area contributed by atoms with Crippen molar-refractivity contribution in [3.63, 3.8) is 0 Å². The number of fused-ring (bicyclic) bond motifs is 1. The Morgan fingerprint density at radius 1 is 1.26 bits per heavy atom. The number of amides is 1. The topological polar surface area (TPSA) is 64.1 Å². The molecule has 1 aliphatic carbocycles. The second kappa shape index (κ2) is 5.61. The van der Waals surface area contributed by atoms with E-state index in [1.807, 2.05) is 0 Å². The summed E-state index contributed by atoms with van der Waals surface area (Å²) in [6.07, 6.45) is 5.92. The summed E-state index contributed by atoms with van der Waals surface area (Å²) in [6.45, 7) is 0.366. The molecule has 1 saturated carbocycles. The average Bonchev–Trinajstić information content (AvgIpc) is 3.39. The largest absolute Gasteiger partial charge is 0.491 e. The molecule has 4 rings (SSSR count). The lowest BCUT2D eigenvalue weighted by Gasteiger charge is -2.26. The number of hydrogen-bond acceptors (Lipinski definition) is 4. The Bertz CT molecular complexity index is 744. The lowest BCUT2D eigenvalue weighted by atomic mass is 10.0. The summed E-state index contributed by atoms with van der Waals surface area (Å²) in [7, 11) is 0. The maximum Gasteiger partial charge on any atom is 0.254 e. The van der Waals surface area contributed by atoms with E-state index in [2.05, 4.69) is 15.3 Å². The zero-order valence-electron chi connectivity index (χ0n) is 12.5. The highest BCUT2D eigenvalue weighted by atomic mass is 19.1. The molecule has 23 heavy (non-hydrogen) atoms. The van der Waals surface area contributed by atoms with E-state index in [9.17, 15) is 9.18 Å². The molecule has 0 unspecified atom stereocenters. The number of aromatic nitrogens is 2. The molecule has 0 saturated heterocycles. The van der Waals surface area contributed by atoms with E-state index in [4.69, 9.17) is 4.74 Å². The minimum absolute atomic E-state index is 0.195. The molecular formula is C17H16FN3O2. The van der Waals surface area contributed by atoms with Gasteiger partial charge in [-0.2, -0.15) is 0 Å². The fourth-order valence-electron chi connectivity index (χ4n) is 2.73. The molecule has 0 bridgehead atoms.